The molecule has 6 heteroatoms. The van der Waals surface area contributed by atoms with Crippen molar-refractivity contribution in [3.63, 3.8) is 0 Å². The quantitative estimate of drug-likeness (QED) is 0.161. The van der Waals surface area contributed by atoms with E-state index in [-0.39, 0.29) is 5.41 Å². The molecule has 0 bridgehead atoms. The van der Waals surface area contributed by atoms with E-state index in [0.29, 0.717) is 0 Å². The highest BCUT2D eigenvalue weighted by Crippen LogP contribution is 2.36. The van der Waals surface area contributed by atoms with Crippen molar-refractivity contribution in [2.24, 2.45) is 0 Å². The van der Waals surface area contributed by atoms with Gasteiger partial charge in [-0.05, 0) is 64.6 Å². The molecule has 238 valence electrons. The molecule has 0 fully saturated rings. The Morgan fingerprint density at radius 1 is 0.531 bits per heavy atom. The van der Waals surface area contributed by atoms with Crippen LogP contribution in [0.2, 0.25) is 0 Å². The van der Waals surface area contributed by atoms with E-state index in [1.807, 2.05) is 18.2 Å². The highest BCUT2D eigenvalue weighted by atomic mass is 32.1. The Bertz CT molecular complexity index is 2270. The lowest BCUT2D eigenvalue weighted by molar-refractivity contribution is 0.641. The van der Waals surface area contributed by atoms with Gasteiger partial charge in [0.15, 0.2) is 11.6 Å². The van der Waals surface area contributed by atoms with Crippen molar-refractivity contribution in [1.82, 2.24) is 19.9 Å². The minimum atomic E-state index is -0.210. The average Bonchev–Trinajstić information content (AvgIpc) is 3.92. The molecule has 4 aromatic heterocycles. The SMILES string of the molecule is CC(C)(c1ccc(-c2cc(-c3cccs3)nc(C3=CC=CCC3)n2)cc1)c1ccc(-c2cc(-c3cccs3)nc(-c3ccccc3)n2)cc1. The van der Waals surface area contributed by atoms with Gasteiger partial charge in [-0.1, -0.05) is 123 Å². The van der Waals surface area contributed by atoms with Crippen molar-refractivity contribution in [2.45, 2.75) is 32.1 Å². The predicted octanol–water partition coefficient (Wildman–Crippen LogP) is 11.8. The summed E-state index contributed by atoms with van der Waals surface area (Å²) < 4.78 is 0. The number of hydrogen-bond donors (Lipinski definition) is 0. The summed E-state index contributed by atoms with van der Waals surface area (Å²) in [5.41, 5.74) is 10.4. The molecule has 0 spiro atoms. The van der Waals surface area contributed by atoms with E-state index in [1.165, 1.54) is 16.7 Å². The Morgan fingerprint density at radius 3 is 1.57 bits per heavy atom. The molecule has 7 aromatic rings. The van der Waals surface area contributed by atoms with Gasteiger partial charge < -0.3 is 0 Å². The van der Waals surface area contributed by atoms with Gasteiger partial charge in [-0.3, -0.25) is 0 Å². The second-order valence-electron chi connectivity index (χ2n) is 12.7. The van der Waals surface area contributed by atoms with Crippen LogP contribution in [-0.2, 0) is 5.41 Å². The standard InChI is InChI=1S/C43H34N4S2/c1-43(2,33-21-17-29(18-22-33)35-27-37(39-15-9-25-48-39)46-41(44-35)31-11-5-3-6-12-31)34-23-19-30(20-24-34)36-28-38(40-16-10-26-49-40)47-42(45-36)32-13-7-4-8-14-32/h3-7,9-13,15-28H,8,14H2,1-2H3. The maximum Gasteiger partial charge on any atom is 0.160 e. The summed E-state index contributed by atoms with van der Waals surface area (Å²) in [5.74, 6) is 1.55. The van der Waals surface area contributed by atoms with Crippen molar-refractivity contribution in [3.8, 4) is 55.0 Å². The molecule has 0 saturated carbocycles. The highest BCUT2D eigenvalue weighted by molar-refractivity contribution is 7.13. The minimum absolute atomic E-state index is 0.210. The van der Waals surface area contributed by atoms with E-state index in [1.54, 1.807) is 22.7 Å². The summed E-state index contributed by atoms with van der Waals surface area (Å²) in [6.45, 7) is 4.57. The molecule has 1 aliphatic carbocycles. The Kier molecular flexibility index (Phi) is 8.42. The topological polar surface area (TPSA) is 51.6 Å². The molecule has 0 amide bonds. The Balaban J connectivity index is 1.09. The number of benzene rings is 3. The van der Waals surface area contributed by atoms with E-state index in [2.05, 4.69) is 140 Å². The number of hydrogen-bond acceptors (Lipinski definition) is 6. The first kappa shape index (κ1) is 31.0. The Hall–Kier alpha value is -5.30. The summed E-state index contributed by atoms with van der Waals surface area (Å²) in [6, 6.07) is 40.5. The van der Waals surface area contributed by atoms with Gasteiger partial charge in [0, 0.05) is 22.1 Å². The molecule has 0 atom stereocenters. The smallest absolute Gasteiger partial charge is 0.160 e. The lowest BCUT2D eigenvalue weighted by Crippen LogP contribution is -2.18. The zero-order valence-electron chi connectivity index (χ0n) is 27.4. The third kappa shape index (κ3) is 6.45. The Labute approximate surface area is 295 Å². The van der Waals surface area contributed by atoms with Crippen LogP contribution in [0.5, 0.6) is 0 Å². The number of rotatable bonds is 8. The van der Waals surface area contributed by atoms with Crippen molar-refractivity contribution < 1.29 is 0 Å². The summed E-state index contributed by atoms with van der Waals surface area (Å²) in [7, 11) is 0. The van der Waals surface area contributed by atoms with Crippen LogP contribution < -0.4 is 0 Å². The van der Waals surface area contributed by atoms with Crippen LogP contribution >= 0.6 is 22.7 Å². The molecule has 0 aliphatic heterocycles. The predicted molar refractivity (Wildman–Crippen MR) is 205 cm³/mol. The van der Waals surface area contributed by atoms with Crippen LogP contribution in [0.1, 0.15) is 43.6 Å². The summed E-state index contributed by atoms with van der Waals surface area (Å²) in [5, 5.41) is 4.18. The number of nitrogens with zero attached hydrogens (tertiary/aromatic N) is 4. The second-order valence-corrected chi connectivity index (χ2v) is 14.6. The van der Waals surface area contributed by atoms with Crippen molar-refractivity contribution in [3.05, 3.63) is 161 Å². The van der Waals surface area contributed by atoms with Crippen LogP contribution in [0.3, 0.4) is 0 Å². The van der Waals surface area contributed by atoms with E-state index >= 15 is 0 Å². The second kappa shape index (κ2) is 13.3. The van der Waals surface area contributed by atoms with Gasteiger partial charge in [0.1, 0.15) is 0 Å². The normalized spacial score (nSPS) is 13.0. The molecule has 0 N–H and O–H groups in total. The van der Waals surface area contributed by atoms with E-state index in [9.17, 15) is 0 Å². The third-order valence-corrected chi connectivity index (χ3v) is 10.9. The van der Waals surface area contributed by atoms with Crippen molar-refractivity contribution in [2.75, 3.05) is 0 Å². The molecule has 3 aromatic carbocycles. The average molecular weight is 671 g/mol. The van der Waals surface area contributed by atoms with E-state index < -0.39 is 0 Å². The molecule has 4 heterocycles. The lowest BCUT2D eigenvalue weighted by Gasteiger charge is -2.26. The third-order valence-electron chi connectivity index (χ3n) is 9.14. The molecular formula is C43H34N4S2. The first-order valence-electron chi connectivity index (χ1n) is 16.5. The first-order chi connectivity index (χ1) is 24.0. The molecule has 49 heavy (non-hydrogen) atoms. The highest BCUT2D eigenvalue weighted by Gasteiger charge is 2.24. The zero-order chi connectivity index (χ0) is 33.2. The first-order valence-corrected chi connectivity index (χ1v) is 18.3. The van der Waals surface area contributed by atoms with Crippen LogP contribution in [0.25, 0.3) is 60.6 Å². The van der Waals surface area contributed by atoms with Crippen LogP contribution in [-0.4, -0.2) is 19.9 Å². The fraction of sp³-hybridized carbons (Fsp3) is 0.116. The van der Waals surface area contributed by atoms with E-state index in [0.717, 1.165) is 73.7 Å². The van der Waals surface area contributed by atoms with Crippen LogP contribution in [0.15, 0.2) is 144 Å². The van der Waals surface area contributed by atoms with Crippen molar-refractivity contribution >= 4 is 28.2 Å². The monoisotopic (exact) mass is 670 g/mol. The van der Waals surface area contributed by atoms with Gasteiger partial charge >= 0.3 is 0 Å². The molecule has 0 radical (unpaired) electrons. The zero-order valence-corrected chi connectivity index (χ0v) is 29.0. The largest absolute Gasteiger partial charge is 0.228 e. The summed E-state index contributed by atoms with van der Waals surface area (Å²) in [4.78, 5) is 22.3. The fourth-order valence-electron chi connectivity index (χ4n) is 6.22. The fourth-order valence-corrected chi connectivity index (χ4v) is 7.59. The lowest BCUT2D eigenvalue weighted by atomic mass is 9.77. The van der Waals surface area contributed by atoms with Gasteiger partial charge in [0.25, 0.3) is 0 Å². The van der Waals surface area contributed by atoms with Crippen molar-refractivity contribution in [1.29, 1.82) is 0 Å². The molecule has 4 nitrogen and oxygen atoms in total. The number of allylic oxidation sites excluding steroid dienone is 4. The van der Waals surface area contributed by atoms with E-state index in [4.69, 9.17) is 19.9 Å². The molecular weight excluding hydrogens is 637 g/mol. The summed E-state index contributed by atoms with van der Waals surface area (Å²) >= 11 is 3.40. The molecule has 0 unspecified atom stereocenters. The maximum atomic E-state index is 5.06. The van der Waals surface area contributed by atoms with Crippen LogP contribution in [0, 0.1) is 0 Å². The number of aromatic nitrogens is 4. The van der Waals surface area contributed by atoms with Crippen LogP contribution in [0.4, 0.5) is 0 Å². The molecule has 8 rings (SSSR count). The van der Waals surface area contributed by atoms with Gasteiger partial charge in [-0.25, -0.2) is 19.9 Å². The van der Waals surface area contributed by atoms with Gasteiger partial charge in [-0.2, -0.15) is 0 Å². The molecule has 1 aliphatic rings. The van der Waals surface area contributed by atoms with Gasteiger partial charge in [-0.15, -0.1) is 22.7 Å². The molecule has 0 saturated heterocycles. The van der Waals surface area contributed by atoms with Gasteiger partial charge in [0.05, 0.1) is 32.5 Å². The number of thiophene rings is 2. The Morgan fingerprint density at radius 2 is 1.06 bits per heavy atom. The summed E-state index contributed by atoms with van der Waals surface area (Å²) in [6.07, 6.45) is 8.43. The minimum Gasteiger partial charge on any atom is -0.228 e. The van der Waals surface area contributed by atoms with Gasteiger partial charge in [0.2, 0.25) is 0 Å². The maximum absolute atomic E-state index is 5.06.